The summed E-state index contributed by atoms with van der Waals surface area (Å²) in [7, 11) is 0. The van der Waals surface area contributed by atoms with Crippen LogP contribution in [0.3, 0.4) is 0 Å². The number of fused-ring (bicyclic) bond motifs is 2. The van der Waals surface area contributed by atoms with Crippen molar-refractivity contribution in [2.45, 2.75) is 24.8 Å². The number of hydrogen-bond acceptors (Lipinski definition) is 5. The lowest BCUT2D eigenvalue weighted by Crippen LogP contribution is -2.45. The number of piperidine rings is 1. The number of hydrogen-bond donors (Lipinski definition) is 0. The first-order valence-corrected chi connectivity index (χ1v) is 11.4. The summed E-state index contributed by atoms with van der Waals surface area (Å²) in [6, 6.07) is 14.4. The molecule has 9 heteroatoms. The molecule has 2 aliphatic rings. The number of likely N-dealkylation sites (tertiary alicyclic amines) is 1. The lowest BCUT2D eigenvalue weighted by atomic mass is 9.74. The number of amides is 1. The Morgan fingerprint density at radius 1 is 1.12 bits per heavy atom. The van der Waals surface area contributed by atoms with Gasteiger partial charge in [0.25, 0.3) is 11.6 Å². The van der Waals surface area contributed by atoms with Crippen LogP contribution in [0.2, 0.25) is 5.15 Å². The molecule has 174 valence electrons. The largest absolute Gasteiger partial charge is 0.307 e. The molecule has 7 nitrogen and oxygen atoms in total. The Labute approximate surface area is 200 Å². The van der Waals surface area contributed by atoms with Crippen LogP contribution in [-0.2, 0) is 12.0 Å². The van der Waals surface area contributed by atoms with Gasteiger partial charge in [0, 0.05) is 48.1 Å². The van der Waals surface area contributed by atoms with E-state index in [4.69, 9.17) is 11.6 Å². The highest BCUT2D eigenvalue weighted by atomic mass is 35.5. The lowest BCUT2D eigenvalue weighted by Gasteiger charge is -2.40. The van der Waals surface area contributed by atoms with Crippen molar-refractivity contribution in [3.05, 3.63) is 98.6 Å². The van der Waals surface area contributed by atoms with Gasteiger partial charge in [0.05, 0.1) is 4.92 Å². The normalized spacial score (nSPS) is 17.1. The fourth-order valence-electron chi connectivity index (χ4n) is 5.06. The minimum atomic E-state index is -0.405. The number of anilines is 1. The van der Waals surface area contributed by atoms with Crippen molar-refractivity contribution in [2.24, 2.45) is 0 Å². The van der Waals surface area contributed by atoms with Crippen molar-refractivity contribution < 1.29 is 14.1 Å². The zero-order valence-corrected chi connectivity index (χ0v) is 19.0. The van der Waals surface area contributed by atoms with Gasteiger partial charge in [0.15, 0.2) is 0 Å². The van der Waals surface area contributed by atoms with Crippen LogP contribution in [0.4, 0.5) is 15.8 Å². The number of carbonyl (C=O) groups excluding carboxylic acids is 1. The van der Waals surface area contributed by atoms with E-state index in [1.54, 1.807) is 41.3 Å². The molecule has 1 aromatic heterocycles. The van der Waals surface area contributed by atoms with Crippen LogP contribution in [0, 0.1) is 15.9 Å². The number of nitro benzene ring substituents is 1. The molecule has 1 amide bonds. The second-order valence-corrected chi connectivity index (χ2v) is 9.29. The SMILES string of the molecule is O=C(c1ccnc(Cl)c1)N1CC2(CCN(Cc3ccc([N+](=O)[O-])cc3)CC2)c2cc(F)ccc21. The molecule has 2 aromatic carbocycles. The summed E-state index contributed by atoms with van der Waals surface area (Å²) in [4.78, 5) is 31.8. The Morgan fingerprint density at radius 2 is 1.85 bits per heavy atom. The van der Waals surface area contributed by atoms with Crippen LogP contribution in [0.1, 0.15) is 34.3 Å². The first-order chi connectivity index (χ1) is 16.3. The molecule has 2 aliphatic heterocycles. The molecule has 3 heterocycles. The van der Waals surface area contributed by atoms with E-state index in [9.17, 15) is 19.3 Å². The minimum Gasteiger partial charge on any atom is -0.307 e. The molecule has 1 spiro atoms. The van der Waals surface area contributed by atoms with Gasteiger partial charge in [-0.1, -0.05) is 23.7 Å². The maximum atomic E-state index is 14.3. The third-order valence-corrected chi connectivity index (χ3v) is 7.07. The van der Waals surface area contributed by atoms with Crippen LogP contribution in [0.15, 0.2) is 60.8 Å². The van der Waals surface area contributed by atoms with E-state index in [0.29, 0.717) is 18.7 Å². The minimum absolute atomic E-state index is 0.0752. The number of halogens is 2. The van der Waals surface area contributed by atoms with E-state index in [2.05, 4.69) is 9.88 Å². The van der Waals surface area contributed by atoms with Gasteiger partial charge in [0.2, 0.25) is 0 Å². The van der Waals surface area contributed by atoms with Gasteiger partial charge in [-0.05, 0) is 67.4 Å². The highest BCUT2D eigenvalue weighted by molar-refractivity contribution is 6.29. The van der Waals surface area contributed by atoms with E-state index in [-0.39, 0.29) is 28.0 Å². The molecule has 1 fully saturated rings. The van der Waals surface area contributed by atoms with Crippen molar-refractivity contribution in [1.29, 1.82) is 0 Å². The topological polar surface area (TPSA) is 79.6 Å². The monoisotopic (exact) mass is 480 g/mol. The Hall–Kier alpha value is -3.36. The third-order valence-electron chi connectivity index (χ3n) is 6.87. The summed E-state index contributed by atoms with van der Waals surface area (Å²) in [5.41, 5.74) is 2.81. The summed E-state index contributed by atoms with van der Waals surface area (Å²) >= 11 is 6.00. The number of benzene rings is 2. The van der Waals surface area contributed by atoms with Crippen molar-refractivity contribution in [3.63, 3.8) is 0 Å². The highest BCUT2D eigenvalue weighted by Gasteiger charge is 2.46. The van der Waals surface area contributed by atoms with Gasteiger partial charge in [-0.15, -0.1) is 0 Å². The predicted octanol–water partition coefficient (Wildman–Crippen LogP) is 4.98. The number of rotatable bonds is 4. The Kier molecular flexibility index (Phi) is 5.79. The molecule has 0 N–H and O–H groups in total. The summed E-state index contributed by atoms with van der Waals surface area (Å²) < 4.78 is 14.3. The average Bonchev–Trinajstić information content (AvgIpc) is 3.13. The molecule has 3 aromatic rings. The van der Waals surface area contributed by atoms with Gasteiger partial charge in [-0.2, -0.15) is 0 Å². The Balaban J connectivity index is 1.35. The van der Waals surface area contributed by atoms with Crippen LogP contribution in [-0.4, -0.2) is 40.3 Å². The number of nitro groups is 1. The standard InChI is InChI=1S/C25H22ClFN4O3/c26-23-13-18(7-10-28-23)24(32)30-16-25(21-14-19(27)3-6-22(21)30)8-11-29(12-9-25)15-17-1-4-20(5-2-17)31(33)34/h1-7,10,13-14H,8-9,11-12,15-16H2. The van der Waals surface area contributed by atoms with Gasteiger partial charge < -0.3 is 4.90 Å². The van der Waals surface area contributed by atoms with E-state index < -0.39 is 4.92 Å². The second kappa shape index (κ2) is 8.77. The zero-order valence-electron chi connectivity index (χ0n) is 18.3. The fourth-order valence-corrected chi connectivity index (χ4v) is 5.24. The fraction of sp³-hybridized carbons (Fsp3) is 0.280. The summed E-state index contributed by atoms with van der Waals surface area (Å²) in [6.07, 6.45) is 3.05. The smallest absolute Gasteiger partial charge is 0.269 e. The summed E-state index contributed by atoms with van der Waals surface area (Å²) in [5.74, 6) is -0.491. The van der Waals surface area contributed by atoms with Gasteiger partial charge >= 0.3 is 0 Å². The summed E-state index contributed by atoms with van der Waals surface area (Å²) in [6.45, 7) is 2.71. The molecule has 0 atom stereocenters. The van der Waals surface area contributed by atoms with Gasteiger partial charge in [-0.25, -0.2) is 9.37 Å². The van der Waals surface area contributed by atoms with Crippen LogP contribution >= 0.6 is 11.6 Å². The quantitative estimate of drug-likeness (QED) is 0.299. The maximum absolute atomic E-state index is 14.3. The third kappa shape index (κ3) is 4.15. The number of nitrogens with zero attached hydrogens (tertiary/aromatic N) is 4. The van der Waals surface area contributed by atoms with E-state index in [0.717, 1.165) is 42.7 Å². The number of pyridine rings is 1. The van der Waals surface area contributed by atoms with Gasteiger partial charge in [-0.3, -0.25) is 19.8 Å². The number of carbonyl (C=O) groups is 1. The van der Waals surface area contributed by atoms with Gasteiger partial charge in [0.1, 0.15) is 11.0 Å². The molecular weight excluding hydrogens is 459 g/mol. The molecule has 0 radical (unpaired) electrons. The number of aromatic nitrogens is 1. The molecule has 0 aliphatic carbocycles. The Bertz CT molecular complexity index is 1260. The molecular formula is C25H22ClFN4O3. The second-order valence-electron chi connectivity index (χ2n) is 8.90. The predicted molar refractivity (Wildman–Crippen MR) is 127 cm³/mol. The van der Waals surface area contributed by atoms with Crippen LogP contribution in [0.25, 0.3) is 0 Å². The molecule has 34 heavy (non-hydrogen) atoms. The van der Waals surface area contributed by atoms with Crippen LogP contribution < -0.4 is 4.90 Å². The van der Waals surface area contributed by atoms with E-state index in [1.165, 1.54) is 24.4 Å². The van der Waals surface area contributed by atoms with Crippen LogP contribution in [0.5, 0.6) is 0 Å². The molecule has 0 bridgehead atoms. The van der Waals surface area contributed by atoms with E-state index >= 15 is 0 Å². The number of non-ortho nitro benzene ring substituents is 1. The first kappa shape index (κ1) is 22.4. The average molecular weight is 481 g/mol. The highest BCUT2D eigenvalue weighted by Crippen LogP contribution is 2.48. The Morgan fingerprint density at radius 3 is 2.53 bits per heavy atom. The maximum Gasteiger partial charge on any atom is 0.269 e. The van der Waals surface area contributed by atoms with E-state index in [1.807, 2.05) is 0 Å². The molecule has 5 rings (SSSR count). The van der Waals surface area contributed by atoms with Crippen molar-refractivity contribution >= 4 is 28.9 Å². The molecule has 0 unspecified atom stereocenters. The zero-order chi connectivity index (χ0) is 23.9. The summed E-state index contributed by atoms with van der Waals surface area (Å²) in [5, 5.41) is 11.1. The van der Waals surface area contributed by atoms with Crippen molar-refractivity contribution in [3.8, 4) is 0 Å². The molecule has 0 saturated carbocycles. The first-order valence-electron chi connectivity index (χ1n) is 11.0. The van der Waals surface area contributed by atoms with Crippen molar-refractivity contribution in [1.82, 2.24) is 9.88 Å². The lowest BCUT2D eigenvalue weighted by molar-refractivity contribution is -0.384. The molecule has 1 saturated heterocycles. The van der Waals surface area contributed by atoms with Crippen molar-refractivity contribution in [2.75, 3.05) is 24.5 Å².